The van der Waals surface area contributed by atoms with Crippen molar-refractivity contribution < 1.29 is 32.6 Å². The normalized spacial score (nSPS) is 12.8. The highest BCUT2D eigenvalue weighted by Crippen LogP contribution is 2.27. The number of amides is 1. The van der Waals surface area contributed by atoms with Gasteiger partial charge in [-0.05, 0) is 12.1 Å². The minimum absolute atomic E-state index is 0.0334. The monoisotopic (exact) mass is 306 g/mol. The highest BCUT2D eigenvalue weighted by atomic mass is 19.4. The maximum atomic E-state index is 12.3. The molecule has 9 heteroatoms. The van der Waals surface area contributed by atoms with E-state index in [9.17, 15) is 22.8 Å². The molecule has 21 heavy (non-hydrogen) atoms. The predicted octanol–water partition coefficient (Wildman–Crippen LogP) is 1.32. The predicted molar refractivity (Wildman–Crippen MR) is 64.6 cm³/mol. The van der Waals surface area contributed by atoms with Crippen molar-refractivity contribution in [3.8, 4) is 0 Å². The van der Waals surface area contributed by atoms with E-state index in [-0.39, 0.29) is 18.6 Å². The minimum Gasteiger partial charge on any atom is -0.480 e. The molecule has 1 aromatic rings. The second-order valence-electron chi connectivity index (χ2n) is 4.08. The van der Waals surface area contributed by atoms with Crippen molar-refractivity contribution >= 4 is 11.9 Å². The van der Waals surface area contributed by atoms with E-state index in [0.717, 1.165) is 12.3 Å². The number of ether oxygens (including phenoxy) is 1. The second-order valence-corrected chi connectivity index (χ2v) is 4.08. The molecule has 0 saturated carbocycles. The van der Waals surface area contributed by atoms with Gasteiger partial charge in [0.05, 0.1) is 5.56 Å². The topological polar surface area (TPSA) is 88.5 Å². The van der Waals surface area contributed by atoms with Crippen LogP contribution in [0.3, 0.4) is 0 Å². The number of hydrogen-bond acceptors (Lipinski definition) is 4. The van der Waals surface area contributed by atoms with Gasteiger partial charge in [0.1, 0.15) is 11.7 Å². The summed E-state index contributed by atoms with van der Waals surface area (Å²) in [5.74, 6) is -2.08. The summed E-state index contributed by atoms with van der Waals surface area (Å²) in [7, 11) is 1.38. The first-order valence-corrected chi connectivity index (χ1v) is 5.81. The Morgan fingerprint density at radius 1 is 1.43 bits per heavy atom. The quantitative estimate of drug-likeness (QED) is 0.827. The fourth-order valence-corrected chi connectivity index (χ4v) is 1.43. The van der Waals surface area contributed by atoms with E-state index >= 15 is 0 Å². The number of carboxylic acids is 1. The Balaban J connectivity index is 2.76. The summed E-state index contributed by atoms with van der Waals surface area (Å²) in [6, 6.07) is 0.389. The van der Waals surface area contributed by atoms with Gasteiger partial charge in [0.2, 0.25) is 0 Å². The van der Waals surface area contributed by atoms with Crippen LogP contribution in [0.4, 0.5) is 13.2 Å². The Morgan fingerprint density at radius 2 is 2.10 bits per heavy atom. The largest absolute Gasteiger partial charge is 0.480 e. The van der Waals surface area contributed by atoms with E-state index in [0.29, 0.717) is 6.07 Å². The molecule has 1 unspecified atom stereocenters. The van der Waals surface area contributed by atoms with Crippen LogP contribution < -0.4 is 5.32 Å². The van der Waals surface area contributed by atoms with Crippen LogP contribution in [0.25, 0.3) is 0 Å². The van der Waals surface area contributed by atoms with E-state index in [4.69, 9.17) is 9.84 Å². The van der Waals surface area contributed by atoms with Crippen molar-refractivity contribution in [2.45, 2.75) is 18.6 Å². The smallest absolute Gasteiger partial charge is 0.433 e. The first kappa shape index (κ1) is 16.9. The number of aromatic nitrogens is 1. The maximum Gasteiger partial charge on any atom is 0.433 e. The van der Waals surface area contributed by atoms with Crippen molar-refractivity contribution in [1.29, 1.82) is 0 Å². The average Bonchev–Trinajstić information content (AvgIpc) is 2.42. The zero-order valence-corrected chi connectivity index (χ0v) is 11.0. The number of carboxylic acid groups (broad SMARTS) is 1. The molecule has 0 saturated heterocycles. The molecule has 0 aliphatic rings. The molecule has 1 rings (SSSR count). The molecule has 0 aromatic carbocycles. The number of aliphatic carboxylic acids is 1. The van der Waals surface area contributed by atoms with Crippen molar-refractivity contribution in [3.05, 3.63) is 29.6 Å². The number of rotatable bonds is 6. The third-order valence-corrected chi connectivity index (χ3v) is 2.53. The molecule has 0 spiro atoms. The number of halogens is 3. The molecule has 0 aliphatic carbocycles. The lowest BCUT2D eigenvalue weighted by molar-refractivity contribution is -0.141. The molecule has 1 aromatic heterocycles. The number of carbonyl (C=O) groups excluding carboxylic acids is 1. The van der Waals surface area contributed by atoms with Crippen LogP contribution in [-0.2, 0) is 15.7 Å². The van der Waals surface area contributed by atoms with Gasteiger partial charge in [0.25, 0.3) is 5.91 Å². The molecule has 0 fully saturated rings. The summed E-state index contributed by atoms with van der Waals surface area (Å²) in [6.45, 7) is 0.114. The van der Waals surface area contributed by atoms with Crippen LogP contribution in [0, 0.1) is 0 Å². The lowest BCUT2D eigenvalue weighted by Gasteiger charge is -2.14. The number of pyridine rings is 1. The van der Waals surface area contributed by atoms with Gasteiger partial charge in [-0.1, -0.05) is 0 Å². The summed E-state index contributed by atoms with van der Waals surface area (Å²) in [6.07, 6.45) is -3.82. The first-order valence-electron chi connectivity index (χ1n) is 5.81. The molecule has 1 amide bonds. The second kappa shape index (κ2) is 7.02. The van der Waals surface area contributed by atoms with Gasteiger partial charge in [-0.15, -0.1) is 0 Å². The summed E-state index contributed by atoms with van der Waals surface area (Å²) in [4.78, 5) is 25.8. The number of hydrogen-bond donors (Lipinski definition) is 2. The lowest BCUT2D eigenvalue weighted by atomic mass is 10.2. The van der Waals surface area contributed by atoms with Gasteiger partial charge in [-0.2, -0.15) is 13.2 Å². The Morgan fingerprint density at radius 3 is 2.52 bits per heavy atom. The minimum atomic E-state index is -4.60. The fraction of sp³-hybridized carbons (Fsp3) is 0.417. The van der Waals surface area contributed by atoms with Crippen LogP contribution in [0.2, 0.25) is 0 Å². The maximum absolute atomic E-state index is 12.3. The van der Waals surface area contributed by atoms with Crippen LogP contribution in [0.1, 0.15) is 22.5 Å². The molecule has 0 bridgehead atoms. The van der Waals surface area contributed by atoms with E-state index in [1.807, 2.05) is 0 Å². The zero-order chi connectivity index (χ0) is 16.0. The van der Waals surface area contributed by atoms with Gasteiger partial charge in [0.15, 0.2) is 0 Å². The Hall–Kier alpha value is -2.16. The molecule has 0 aliphatic heterocycles. The Kier molecular flexibility index (Phi) is 5.65. The van der Waals surface area contributed by atoms with E-state index in [1.54, 1.807) is 0 Å². The third-order valence-electron chi connectivity index (χ3n) is 2.53. The van der Waals surface area contributed by atoms with Crippen LogP contribution in [0.5, 0.6) is 0 Å². The van der Waals surface area contributed by atoms with E-state index in [2.05, 4.69) is 10.3 Å². The number of nitrogens with zero attached hydrogens (tertiary/aromatic N) is 1. The van der Waals surface area contributed by atoms with Crippen molar-refractivity contribution in [1.82, 2.24) is 10.3 Å². The summed E-state index contributed by atoms with van der Waals surface area (Å²) in [5.41, 5.74) is -1.29. The van der Waals surface area contributed by atoms with Gasteiger partial charge in [-0.25, -0.2) is 4.79 Å². The molecule has 0 radical (unpaired) electrons. The summed E-state index contributed by atoms with van der Waals surface area (Å²) >= 11 is 0. The molecule has 1 atom stereocenters. The van der Waals surface area contributed by atoms with Gasteiger partial charge < -0.3 is 15.2 Å². The standard InChI is InChI=1S/C12H13F3N2O4/c1-21-5-4-8(11(19)20)17-10(18)7-2-3-9(16-6-7)12(13,14)15/h2-3,6,8H,4-5H2,1H3,(H,17,18)(H,19,20). The van der Waals surface area contributed by atoms with E-state index in [1.165, 1.54) is 7.11 Å². The third kappa shape index (κ3) is 5.03. The average molecular weight is 306 g/mol. The van der Waals surface area contributed by atoms with Crippen molar-refractivity contribution in [2.75, 3.05) is 13.7 Å². The lowest BCUT2D eigenvalue weighted by Crippen LogP contribution is -2.41. The number of carbonyl (C=O) groups is 2. The molecular formula is C12H13F3N2O4. The van der Waals surface area contributed by atoms with Crippen LogP contribution in [-0.4, -0.2) is 41.7 Å². The van der Waals surface area contributed by atoms with Crippen molar-refractivity contribution in [3.63, 3.8) is 0 Å². The summed E-state index contributed by atoms with van der Waals surface area (Å²) in [5, 5.41) is 11.1. The SMILES string of the molecule is COCCC(NC(=O)c1ccc(C(F)(F)F)nc1)C(=O)O. The first-order chi connectivity index (χ1) is 9.75. The molecule has 6 nitrogen and oxygen atoms in total. The molecule has 116 valence electrons. The summed E-state index contributed by atoms with van der Waals surface area (Å²) < 4.78 is 41.7. The number of nitrogens with one attached hydrogen (secondary N) is 1. The molecular weight excluding hydrogens is 293 g/mol. The molecule has 2 N–H and O–H groups in total. The number of methoxy groups -OCH3 is 1. The zero-order valence-electron chi connectivity index (χ0n) is 11.0. The number of alkyl halides is 3. The van der Waals surface area contributed by atoms with Gasteiger partial charge >= 0.3 is 12.1 Å². The van der Waals surface area contributed by atoms with Crippen LogP contribution in [0.15, 0.2) is 18.3 Å². The van der Waals surface area contributed by atoms with Crippen molar-refractivity contribution in [2.24, 2.45) is 0 Å². The fourth-order valence-electron chi connectivity index (χ4n) is 1.43. The Bertz CT molecular complexity index is 502. The van der Waals surface area contributed by atoms with Gasteiger partial charge in [0, 0.05) is 26.3 Å². The van der Waals surface area contributed by atoms with E-state index < -0.39 is 29.8 Å². The molecule has 1 heterocycles. The highest BCUT2D eigenvalue weighted by Gasteiger charge is 2.32. The van der Waals surface area contributed by atoms with Crippen LogP contribution >= 0.6 is 0 Å². The highest BCUT2D eigenvalue weighted by molar-refractivity contribution is 5.96. The van der Waals surface area contributed by atoms with Gasteiger partial charge in [-0.3, -0.25) is 9.78 Å². The Labute approximate surface area is 117 Å².